The van der Waals surface area contributed by atoms with Crippen LogP contribution in [0.25, 0.3) is 6.08 Å². The van der Waals surface area contributed by atoms with Crippen molar-refractivity contribution in [3.05, 3.63) is 48.1 Å². The minimum atomic E-state index is -0.733. The topological polar surface area (TPSA) is 60.7 Å². The number of benzene rings is 1. The summed E-state index contributed by atoms with van der Waals surface area (Å²) >= 11 is 0. The van der Waals surface area contributed by atoms with Crippen molar-refractivity contribution in [3.63, 3.8) is 0 Å². The van der Waals surface area contributed by atoms with Crippen molar-refractivity contribution in [2.75, 3.05) is 6.61 Å². The molecule has 3 N–H and O–H groups in total. The number of phenolic OH excluding ortho intramolecular Hbond substituents is 1. The van der Waals surface area contributed by atoms with Gasteiger partial charge in [0.25, 0.3) is 0 Å². The molecule has 0 aliphatic rings. The molecular weight excluding hydrogens is 228 g/mol. The van der Waals surface area contributed by atoms with Crippen molar-refractivity contribution in [2.24, 2.45) is 5.92 Å². The molecule has 2 unspecified atom stereocenters. The Labute approximate surface area is 108 Å². The molecule has 1 aromatic rings. The van der Waals surface area contributed by atoms with Crippen LogP contribution in [0.2, 0.25) is 0 Å². The van der Waals surface area contributed by atoms with Crippen LogP contribution >= 0.6 is 0 Å². The third-order valence-electron chi connectivity index (χ3n) is 2.68. The van der Waals surface area contributed by atoms with Crippen molar-refractivity contribution in [2.45, 2.75) is 19.4 Å². The van der Waals surface area contributed by atoms with Gasteiger partial charge in [0, 0.05) is 0 Å². The lowest BCUT2D eigenvalue weighted by molar-refractivity contribution is 0.0833. The third-order valence-corrected chi connectivity index (χ3v) is 2.68. The molecule has 98 valence electrons. The maximum atomic E-state index is 9.47. The highest BCUT2D eigenvalue weighted by atomic mass is 16.3. The lowest BCUT2D eigenvalue weighted by Crippen LogP contribution is -2.15. The van der Waals surface area contributed by atoms with Crippen LogP contribution < -0.4 is 0 Å². The zero-order chi connectivity index (χ0) is 13.5. The molecule has 3 nitrogen and oxygen atoms in total. The zero-order valence-corrected chi connectivity index (χ0v) is 10.6. The van der Waals surface area contributed by atoms with Gasteiger partial charge in [-0.15, -0.1) is 6.58 Å². The molecule has 0 bridgehead atoms. The van der Waals surface area contributed by atoms with Gasteiger partial charge in [-0.25, -0.2) is 0 Å². The van der Waals surface area contributed by atoms with Crippen LogP contribution in [0, 0.1) is 12.8 Å². The van der Waals surface area contributed by atoms with Crippen molar-refractivity contribution < 1.29 is 15.3 Å². The van der Waals surface area contributed by atoms with E-state index in [-0.39, 0.29) is 18.3 Å². The van der Waals surface area contributed by atoms with E-state index < -0.39 is 6.10 Å². The fourth-order valence-electron chi connectivity index (χ4n) is 1.76. The highest BCUT2D eigenvalue weighted by Gasteiger charge is 2.07. The maximum Gasteiger partial charge on any atom is 0.116 e. The molecule has 0 saturated carbocycles. The predicted octanol–water partition coefficient (Wildman–Crippen LogP) is 2.26. The number of aryl methyl sites for hydroxylation is 1. The van der Waals surface area contributed by atoms with Crippen molar-refractivity contribution in [3.8, 4) is 5.75 Å². The van der Waals surface area contributed by atoms with Crippen LogP contribution in [0.15, 0.2) is 36.9 Å². The van der Waals surface area contributed by atoms with Crippen LogP contribution in [0.3, 0.4) is 0 Å². The first-order valence-electron chi connectivity index (χ1n) is 5.95. The molecule has 1 rings (SSSR count). The summed E-state index contributed by atoms with van der Waals surface area (Å²) in [5, 5.41) is 27.6. The normalized spacial score (nSPS) is 14.6. The van der Waals surface area contributed by atoms with Crippen LogP contribution in [-0.4, -0.2) is 28.0 Å². The van der Waals surface area contributed by atoms with Crippen LogP contribution in [0.4, 0.5) is 0 Å². The Hall–Kier alpha value is -1.58. The molecule has 0 saturated heterocycles. The van der Waals surface area contributed by atoms with Crippen molar-refractivity contribution in [1.82, 2.24) is 0 Å². The summed E-state index contributed by atoms with van der Waals surface area (Å²) in [5.74, 6) is 0.231. The quantitative estimate of drug-likeness (QED) is 0.677. The molecule has 2 atom stereocenters. The molecule has 18 heavy (non-hydrogen) atoms. The van der Waals surface area contributed by atoms with Gasteiger partial charge in [0.2, 0.25) is 0 Å². The molecule has 0 heterocycles. The second-order valence-electron chi connectivity index (χ2n) is 4.43. The highest BCUT2D eigenvalue weighted by molar-refractivity contribution is 5.53. The van der Waals surface area contributed by atoms with E-state index in [0.29, 0.717) is 6.42 Å². The molecule has 0 aliphatic heterocycles. The van der Waals surface area contributed by atoms with Gasteiger partial charge in [-0.05, 0) is 42.5 Å². The van der Waals surface area contributed by atoms with Crippen LogP contribution in [-0.2, 0) is 0 Å². The van der Waals surface area contributed by atoms with Crippen LogP contribution in [0.5, 0.6) is 5.75 Å². The Kier molecular flexibility index (Phi) is 5.62. The van der Waals surface area contributed by atoms with E-state index in [4.69, 9.17) is 5.11 Å². The Morgan fingerprint density at radius 3 is 2.61 bits per heavy atom. The van der Waals surface area contributed by atoms with Gasteiger partial charge < -0.3 is 15.3 Å². The first-order valence-corrected chi connectivity index (χ1v) is 5.95. The summed E-state index contributed by atoms with van der Waals surface area (Å²) in [7, 11) is 0. The first kappa shape index (κ1) is 14.5. The number of phenols is 1. The molecule has 0 aliphatic carbocycles. The van der Waals surface area contributed by atoms with Gasteiger partial charge >= 0.3 is 0 Å². The van der Waals surface area contributed by atoms with E-state index in [0.717, 1.165) is 11.1 Å². The van der Waals surface area contributed by atoms with E-state index in [9.17, 15) is 10.2 Å². The molecule has 0 aromatic heterocycles. The molecule has 0 fully saturated rings. The van der Waals surface area contributed by atoms with E-state index in [2.05, 4.69) is 6.58 Å². The molecule has 3 heteroatoms. The molecule has 0 spiro atoms. The smallest absolute Gasteiger partial charge is 0.116 e. The average Bonchev–Trinajstić information content (AvgIpc) is 2.32. The Bertz CT molecular complexity index is 403. The summed E-state index contributed by atoms with van der Waals surface area (Å²) in [5.41, 5.74) is 1.89. The van der Waals surface area contributed by atoms with Crippen molar-refractivity contribution >= 4 is 6.08 Å². The fraction of sp³-hybridized carbons (Fsp3) is 0.333. The van der Waals surface area contributed by atoms with Gasteiger partial charge in [-0.3, -0.25) is 0 Å². The Morgan fingerprint density at radius 1 is 1.33 bits per heavy atom. The number of aromatic hydroxyl groups is 1. The molecular formula is C15H20O3. The van der Waals surface area contributed by atoms with Gasteiger partial charge in [0.1, 0.15) is 5.75 Å². The number of hydrogen-bond donors (Lipinski definition) is 3. The second kappa shape index (κ2) is 6.99. The molecule has 1 aromatic carbocycles. The monoisotopic (exact) mass is 248 g/mol. The summed E-state index contributed by atoms with van der Waals surface area (Å²) in [6.45, 7) is 5.37. The minimum Gasteiger partial charge on any atom is -0.508 e. The maximum absolute atomic E-state index is 9.47. The van der Waals surface area contributed by atoms with Crippen LogP contribution in [0.1, 0.15) is 17.5 Å². The Balaban J connectivity index is 2.74. The number of aliphatic hydroxyl groups excluding tert-OH is 2. The first-order chi connectivity index (χ1) is 8.55. The minimum absolute atomic E-state index is 0.00481. The summed E-state index contributed by atoms with van der Waals surface area (Å²) in [6, 6.07) is 5.32. The van der Waals surface area contributed by atoms with Gasteiger partial charge in [0.05, 0.1) is 12.7 Å². The molecule has 0 radical (unpaired) electrons. The molecule has 0 amide bonds. The van der Waals surface area contributed by atoms with Gasteiger partial charge in [-0.2, -0.15) is 0 Å². The van der Waals surface area contributed by atoms with Gasteiger partial charge in [0.15, 0.2) is 0 Å². The van der Waals surface area contributed by atoms with Crippen molar-refractivity contribution in [1.29, 1.82) is 0 Å². The predicted molar refractivity (Wildman–Crippen MR) is 73.3 cm³/mol. The SMILES string of the molecule is C=CC(/C=C/c1cc(C)cc(O)c1)CC(O)CO. The third kappa shape index (κ3) is 4.73. The average molecular weight is 248 g/mol. The number of rotatable bonds is 6. The number of hydrogen-bond acceptors (Lipinski definition) is 3. The Morgan fingerprint density at radius 2 is 2.06 bits per heavy atom. The second-order valence-corrected chi connectivity index (χ2v) is 4.43. The summed E-state index contributed by atoms with van der Waals surface area (Å²) < 4.78 is 0. The summed E-state index contributed by atoms with van der Waals surface area (Å²) in [6.07, 6.45) is 5.21. The standard InChI is InChI=1S/C15H20O3/c1-3-12(8-15(18)10-16)4-5-13-6-11(2)7-14(17)9-13/h3-7,9,12,15-18H,1,8,10H2,2H3/b5-4+. The van der Waals surface area contributed by atoms with E-state index in [1.165, 1.54) is 0 Å². The lowest BCUT2D eigenvalue weighted by atomic mass is 10.00. The number of aliphatic hydroxyl groups is 2. The lowest BCUT2D eigenvalue weighted by Gasteiger charge is -2.11. The summed E-state index contributed by atoms with van der Waals surface area (Å²) in [4.78, 5) is 0. The highest BCUT2D eigenvalue weighted by Crippen LogP contribution is 2.18. The largest absolute Gasteiger partial charge is 0.508 e. The number of allylic oxidation sites excluding steroid dienone is 2. The van der Waals surface area contributed by atoms with E-state index in [1.54, 1.807) is 18.2 Å². The van der Waals surface area contributed by atoms with Gasteiger partial charge in [-0.1, -0.05) is 24.3 Å². The van der Waals surface area contributed by atoms with E-state index >= 15 is 0 Å². The zero-order valence-electron chi connectivity index (χ0n) is 10.6. The van der Waals surface area contributed by atoms with E-state index in [1.807, 2.05) is 25.1 Å². The fourth-order valence-corrected chi connectivity index (χ4v) is 1.76.